The first-order valence-corrected chi connectivity index (χ1v) is 11.0. The molecule has 26 heavy (non-hydrogen) atoms. The second-order valence-corrected chi connectivity index (χ2v) is 9.30. The van der Waals surface area contributed by atoms with Crippen molar-refractivity contribution in [1.29, 1.82) is 0 Å². The highest BCUT2D eigenvalue weighted by atomic mass is 32.2. The van der Waals surface area contributed by atoms with E-state index in [0.717, 1.165) is 6.26 Å². The fourth-order valence-electron chi connectivity index (χ4n) is 2.14. The van der Waals surface area contributed by atoms with Gasteiger partial charge in [0.1, 0.15) is 0 Å². The van der Waals surface area contributed by atoms with Gasteiger partial charge in [0.25, 0.3) is 10.0 Å². The normalized spacial score (nSPS) is 11.8. The topological polar surface area (TPSA) is 107 Å². The first kappa shape index (κ1) is 19.9. The number of hydrogen-bond acceptors (Lipinski definition) is 6. The van der Waals surface area contributed by atoms with Gasteiger partial charge < -0.3 is 4.74 Å². The van der Waals surface area contributed by atoms with Gasteiger partial charge in [-0.25, -0.2) is 21.6 Å². The summed E-state index contributed by atoms with van der Waals surface area (Å²) >= 11 is 0. The van der Waals surface area contributed by atoms with Gasteiger partial charge in [-0.3, -0.25) is 4.72 Å². The summed E-state index contributed by atoms with van der Waals surface area (Å²) in [5.41, 5.74) is 1.08. The minimum atomic E-state index is -3.95. The van der Waals surface area contributed by atoms with Gasteiger partial charge in [0.15, 0.2) is 9.84 Å². The Labute approximate surface area is 153 Å². The maximum Gasteiger partial charge on any atom is 0.338 e. The van der Waals surface area contributed by atoms with Crippen molar-refractivity contribution in [1.82, 2.24) is 0 Å². The lowest BCUT2D eigenvalue weighted by Gasteiger charge is -2.12. The Kier molecular flexibility index (Phi) is 5.72. The molecular formula is C17H19NO6S2. The van der Waals surface area contributed by atoms with E-state index in [9.17, 15) is 21.6 Å². The smallest absolute Gasteiger partial charge is 0.338 e. The van der Waals surface area contributed by atoms with E-state index in [1.54, 1.807) is 26.0 Å². The quantitative estimate of drug-likeness (QED) is 0.750. The van der Waals surface area contributed by atoms with Gasteiger partial charge in [-0.1, -0.05) is 6.07 Å². The van der Waals surface area contributed by atoms with Crippen LogP contribution in [0.4, 0.5) is 5.69 Å². The second-order valence-electron chi connectivity index (χ2n) is 5.60. The van der Waals surface area contributed by atoms with Crippen LogP contribution in [-0.2, 0) is 24.6 Å². The molecule has 0 fully saturated rings. The molecule has 0 bridgehead atoms. The molecule has 7 nitrogen and oxygen atoms in total. The van der Waals surface area contributed by atoms with Crippen LogP contribution >= 0.6 is 0 Å². The Morgan fingerprint density at radius 2 is 1.58 bits per heavy atom. The molecule has 0 amide bonds. The first-order valence-electron chi connectivity index (χ1n) is 7.65. The van der Waals surface area contributed by atoms with Gasteiger partial charge in [0.2, 0.25) is 0 Å². The molecule has 2 aromatic rings. The minimum absolute atomic E-state index is 0.0249. The number of carbonyl (C=O) groups is 1. The van der Waals surface area contributed by atoms with Crippen LogP contribution in [-0.4, -0.2) is 35.7 Å². The summed E-state index contributed by atoms with van der Waals surface area (Å²) in [6.07, 6.45) is 1.04. The SMILES string of the molecule is CCOC(=O)c1ccc(C)c(NS(=O)(=O)c2ccc(S(C)(=O)=O)cc2)c1. The molecule has 140 valence electrons. The summed E-state index contributed by atoms with van der Waals surface area (Å²) in [7, 11) is -7.37. The molecule has 2 aromatic carbocycles. The van der Waals surface area contributed by atoms with Crippen LogP contribution in [0.5, 0.6) is 0 Å². The molecule has 0 heterocycles. The molecule has 2 rings (SSSR count). The predicted molar refractivity (Wildman–Crippen MR) is 97.5 cm³/mol. The van der Waals surface area contributed by atoms with E-state index < -0.39 is 25.8 Å². The monoisotopic (exact) mass is 397 g/mol. The fraction of sp³-hybridized carbons (Fsp3) is 0.235. The van der Waals surface area contributed by atoms with E-state index in [1.807, 2.05) is 0 Å². The Morgan fingerprint density at radius 3 is 2.12 bits per heavy atom. The Balaban J connectivity index is 2.34. The zero-order valence-corrected chi connectivity index (χ0v) is 16.1. The van der Waals surface area contributed by atoms with Gasteiger partial charge in [-0.05, 0) is 55.8 Å². The van der Waals surface area contributed by atoms with E-state index in [4.69, 9.17) is 4.74 Å². The molecule has 0 radical (unpaired) electrons. The molecule has 0 aromatic heterocycles. The standard InChI is InChI=1S/C17H19NO6S2/c1-4-24-17(19)13-6-5-12(2)16(11-13)18-26(22,23)15-9-7-14(8-10-15)25(3,20)21/h5-11,18H,4H2,1-3H3. The number of sulfone groups is 1. The largest absolute Gasteiger partial charge is 0.462 e. The van der Waals surface area contributed by atoms with E-state index in [1.165, 1.54) is 30.3 Å². The summed E-state index contributed by atoms with van der Waals surface area (Å²) < 4.78 is 55.4. The van der Waals surface area contributed by atoms with E-state index in [0.29, 0.717) is 5.56 Å². The number of benzene rings is 2. The molecule has 0 saturated carbocycles. The van der Waals surface area contributed by atoms with Crippen molar-refractivity contribution >= 4 is 31.5 Å². The van der Waals surface area contributed by atoms with Gasteiger partial charge in [0.05, 0.1) is 27.6 Å². The molecule has 0 spiro atoms. The lowest BCUT2D eigenvalue weighted by Crippen LogP contribution is -2.15. The van der Waals surface area contributed by atoms with Crippen LogP contribution in [0.25, 0.3) is 0 Å². The van der Waals surface area contributed by atoms with E-state index in [2.05, 4.69) is 4.72 Å². The van der Waals surface area contributed by atoms with Crippen molar-refractivity contribution in [3.63, 3.8) is 0 Å². The first-order chi connectivity index (χ1) is 12.0. The summed E-state index contributed by atoms with van der Waals surface area (Å²) in [4.78, 5) is 11.8. The lowest BCUT2D eigenvalue weighted by atomic mass is 10.1. The highest BCUT2D eigenvalue weighted by Gasteiger charge is 2.18. The fourth-order valence-corrected chi connectivity index (χ4v) is 3.90. The van der Waals surface area contributed by atoms with Gasteiger partial charge in [0, 0.05) is 6.26 Å². The van der Waals surface area contributed by atoms with Crippen LogP contribution in [0, 0.1) is 6.92 Å². The van der Waals surface area contributed by atoms with Crippen molar-refractivity contribution in [2.75, 3.05) is 17.6 Å². The van der Waals surface area contributed by atoms with Crippen LogP contribution in [0.3, 0.4) is 0 Å². The number of anilines is 1. The maximum atomic E-state index is 12.5. The number of aryl methyl sites for hydroxylation is 1. The molecule has 0 aliphatic carbocycles. The summed E-state index contributed by atoms with van der Waals surface area (Å²) in [6, 6.07) is 9.43. The third kappa shape index (κ3) is 4.61. The van der Waals surface area contributed by atoms with Gasteiger partial charge >= 0.3 is 5.97 Å². The van der Waals surface area contributed by atoms with Crippen molar-refractivity contribution < 1.29 is 26.4 Å². The van der Waals surface area contributed by atoms with Gasteiger partial charge in [-0.2, -0.15) is 0 Å². The molecule has 0 atom stereocenters. The molecule has 0 aliphatic rings. The molecule has 1 N–H and O–H groups in total. The maximum absolute atomic E-state index is 12.5. The number of hydrogen-bond donors (Lipinski definition) is 1. The minimum Gasteiger partial charge on any atom is -0.462 e. The van der Waals surface area contributed by atoms with Crippen molar-refractivity contribution in [3.05, 3.63) is 53.6 Å². The average Bonchev–Trinajstić information content (AvgIpc) is 2.56. The molecule has 0 aliphatic heterocycles. The number of carbonyl (C=O) groups excluding carboxylic acids is 1. The zero-order chi connectivity index (χ0) is 19.5. The summed E-state index contributed by atoms with van der Waals surface area (Å²) in [6.45, 7) is 3.58. The third-order valence-corrected chi connectivity index (χ3v) is 6.07. The number of rotatable bonds is 6. The highest BCUT2D eigenvalue weighted by Crippen LogP contribution is 2.22. The Bertz CT molecular complexity index is 1030. The van der Waals surface area contributed by atoms with Gasteiger partial charge in [-0.15, -0.1) is 0 Å². The Morgan fingerprint density at radius 1 is 1.00 bits per heavy atom. The second kappa shape index (κ2) is 7.46. The number of nitrogens with one attached hydrogen (secondary N) is 1. The van der Waals surface area contributed by atoms with Crippen LogP contribution in [0.15, 0.2) is 52.3 Å². The molecule has 0 saturated heterocycles. The highest BCUT2D eigenvalue weighted by molar-refractivity contribution is 7.92. The molecule has 9 heteroatoms. The van der Waals surface area contributed by atoms with Crippen molar-refractivity contribution in [3.8, 4) is 0 Å². The van der Waals surface area contributed by atoms with E-state index >= 15 is 0 Å². The van der Waals surface area contributed by atoms with Crippen LogP contribution < -0.4 is 4.72 Å². The molecular weight excluding hydrogens is 378 g/mol. The van der Waals surface area contributed by atoms with Crippen molar-refractivity contribution in [2.45, 2.75) is 23.6 Å². The van der Waals surface area contributed by atoms with Crippen LogP contribution in [0.1, 0.15) is 22.8 Å². The predicted octanol–water partition coefficient (Wildman–Crippen LogP) is 2.38. The average molecular weight is 397 g/mol. The number of sulfonamides is 1. The zero-order valence-electron chi connectivity index (χ0n) is 14.5. The van der Waals surface area contributed by atoms with Crippen molar-refractivity contribution in [2.24, 2.45) is 0 Å². The summed E-state index contributed by atoms with van der Waals surface area (Å²) in [5, 5.41) is 0. The Hall–Kier alpha value is -2.39. The molecule has 0 unspecified atom stereocenters. The number of esters is 1. The van der Waals surface area contributed by atoms with E-state index in [-0.39, 0.29) is 27.6 Å². The number of ether oxygens (including phenoxy) is 1. The van der Waals surface area contributed by atoms with Crippen LogP contribution in [0.2, 0.25) is 0 Å². The third-order valence-electron chi connectivity index (χ3n) is 3.56. The lowest BCUT2D eigenvalue weighted by molar-refractivity contribution is 0.0526. The summed E-state index contributed by atoms with van der Waals surface area (Å²) in [5.74, 6) is -0.551.